The molecule has 3 heteroatoms. The van der Waals surface area contributed by atoms with Crippen LogP contribution in [0.25, 0.3) is 12.2 Å². The van der Waals surface area contributed by atoms with Gasteiger partial charge in [0, 0.05) is 0 Å². The van der Waals surface area contributed by atoms with E-state index in [1.807, 2.05) is 68.5 Å². The third-order valence-electron chi connectivity index (χ3n) is 5.17. The topological polar surface area (TPSA) is 43.4 Å². The lowest BCUT2D eigenvalue weighted by Crippen LogP contribution is -2.22. The van der Waals surface area contributed by atoms with Gasteiger partial charge in [0.05, 0.1) is 5.92 Å². The molecule has 0 aliphatic heterocycles. The van der Waals surface area contributed by atoms with Crippen molar-refractivity contribution in [2.75, 3.05) is 0 Å². The Kier molecular flexibility index (Phi) is 7.08. The van der Waals surface area contributed by atoms with Crippen LogP contribution >= 0.6 is 0 Å². The van der Waals surface area contributed by atoms with Crippen molar-refractivity contribution in [3.63, 3.8) is 0 Å². The van der Waals surface area contributed by atoms with Crippen LogP contribution in [0.3, 0.4) is 0 Å². The van der Waals surface area contributed by atoms with Crippen LogP contribution in [0.2, 0.25) is 0 Å². The van der Waals surface area contributed by atoms with Crippen molar-refractivity contribution in [2.24, 2.45) is 5.92 Å². The standard InChI is InChI=1S/C27H28O3/c1-5-25(22-9-7-6-8-10-22)27(19(2)11-14-23-15-12-20(3)29-23)26(28)18-17-24-16-13-21(4)30-24/h6-18,25,27H,2,5H2,1,3-4H3/b14-11+,18-17+. The lowest BCUT2D eigenvalue weighted by Gasteiger charge is -2.25. The van der Waals surface area contributed by atoms with Crippen molar-refractivity contribution >= 4 is 17.9 Å². The van der Waals surface area contributed by atoms with Gasteiger partial charge < -0.3 is 8.83 Å². The molecule has 0 N–H and O–H groups in total. The summed E-state index contributed by atoms with van der Waals surface area (Å²) in [5, 5.41) is 0. The van der Waals surface area contributed by atoms with Gasteiger partial charge in [-0.25, -0.2) is 0 Å². The number of carbonyl (C=O) groups excluding carboxylic acids is 1. The van der Waals surface area contributed by atoms with E-state index in [-0.39, 0.29) is 17.6 Å². The fourth-order valence-electron chi connectivity index (χ4n) is 3.65. The summed E-state index contributed by atoms with van der Waals surface area (Å²) in [4.78, 5) is 13.3. The Morgan fingerprint density at radius 3 is 1.97 bits per heavy atom. The van der Waals surface area contributed by atoms with Crippen molar-refractivity contribution in [1.82, 2.24) is 0 Å². The van der Waals surface area contributed by atoms with Crippen molar-refractivity contribution in [1.29, 1.82) is 0 Å². The van der Waals surface area contributed by atoms with Crippen molar-refractivity contribution in [2.45, 2.75) is 33.1 Å². The minimum Gasteiger partial charge on any atom is -0.462 e. The Labute approximate surface area is 178 Å². The van der Waals surface area contributed by atoms with Crippen LogP contribution in [0.15, 0.2) is 87.7 Å². The van der Waals surface area contributed by atoms with Crippen molar-refractivity contribution in [3.8, 4) is 0 Å². The second-order valence-corrected chi connectivity index (χ2v) is 7.44. The number of carbonyl (C=O) groups is 1. The number of furan rings is 2. The molecule has 0 saturated heterocycles. The van der Waals surface area contributed by atoms with E-state index >= 15 is 0 Å². The number of hydrogen-bond donors (Lipinski definition) is 0. The van der Waals surface area contributed by atoms with Crippen LogP contribution in [0.5, 0.6) is 0 Å². The fourth-order valence-corrected chi connectivity index (χ4v) is 3.65. The molecule has 0 bridgehead atoms. The van der Waals surface area contributed by atoms with Gasteiger partial charge in [0.2, 0.25) is 0 Å². The average molecular weight is 401 g/mol. The van der Waals surface area contributed by atoms with Crippen molar-refractivity contribution < 1.29 is 13.6 Å². The predicted octanol–water partition coefficient (Wildman–Crippen LogP) is 7.15. The van der Waals surface area contributed by atoms with E-state index in [9.17, 15) is 4.79 Å². The highest BCUT2D eigenvalue weighted by molar-refractivity contribution is 5.98. The molecule has 0 saturated carbocycles. The number of aryl methyl sites for hydroxylation is 2. The molecule has 3 rings (SSSR count). The predicted molar refractivity (Wildman–Crippen MR) is 122 cm³/mol. The number of hydrogen-bond acceptors (Lipinski definition) is 3. The summed E-state index contributed by atoms with van der Waals surface area (Å²) in [6, 6.07) is 17.7. The van der Waals surface area contributed by atoms with Crippen LogP contribution in [0, 0.1) is 19.8 Å². The molecule has 0 fully saturated rings. The summed E-state index contributed by atoms with van der Waals surface area (Å²) in [7, 11) is 0. The molecule has 1 aromatic carbocycles. The van der Waals surface area contributed by atoms with Gasteiger partial charge in [0.1, 0.15) is 23.0 Å². The molecule has 30 heavy (non-hydrogen) atoms. The highest BCUT2D eigenvalue weighted by Gasteiger charge is 2.28. The molecule has 2 unspecified atom stereocenters. The van der Waals surface area contributed by atoms with Crippen LogP contribution in [-0.2, 0) is 4.79 Å². The Balaban J connectivity index is 1.90. The summed E-state index contributed by atoms with van der Waals surface area (Å²) in [6.07, 6.45) is 7.91. The van der Waals surface area contributed by atoms with Gasteiger partial charge in [-0.2, -0.15) is 0 Å². The molecule has 2 atom stereocenters. The van der Waals surface area contributed by atoms with E-state index in [0.29, 0.717) is 5.76 Å². The van der Waals surface area contributed by atoms with Gasteiger partial charge in [-0.1, -0.05) is 49.9 Å². The lowest BCUT2D eigenvalue weighted by atomic mass is 9.77. The molecule has 3 nitrogen and oxygen atoms in total. The van der Waals surface area contributed by atoms with Gasteiger partial charge in [0.15, 0.2) is 5.78 Å². The third-order valence-corrected chi connectivity index (χ3v) is 5.17. The first kappa shape index (κ1) is 21.4. The van der Waals surface area contributed by atoms with E-state index < -0.39 is 0 Å². The maximum atomic E-state index is 13.3. The summed E-state index contributed by atoms with van der Waals surface area (Å²) in [6.45, 7) is 10.1. The Morgan fingerprint density at radius 2 is 1.47 bits per heavy atom. The Hall–Kier alpha value is -3.33. The van der Waals surface area contributed by atoms with Crippen molar-refractivity contribution in [3.05, 3.63) is 108 Å². The molecule has 0 aliphatic carbocycles. The fraction of sp³-hybridized carbons (Fsp3) is 0.222. The summed E-state index contributed by atoms with van der Waals surface area (Å²) >= 11 is 0. The van der Waals surface area contributed by atoms with E-state index in [2.05, 4.69) is 25.6 Å². The van der Waals surface area contributed by atoms with Gasteiger partial charge in [-0.05, 0) is 79.8 Å². The monoisotopic (exact) mass is 400 g/mol. The molecule has 2 heterocycles. The quantitative estimate of drug-likeness (QED) is 0.283. The molecule has 2 aromatic heterocycles. The first-order valence-electron chi connectivity index (χ1n) is 10.2. The maximum Gasteiger partial charge on any atom is 0.163 e. The van der Waals surface area contributed by atoms with E-state index in [4.69, 9.17) is 8.83 Å². The summed E-state index contributed by atoms with van der Waals surface area (Å²) in [5.41, 5.74) is 1.88. The number of rotatable bonds is 9. The zero-order valence-electron chi connectivity index (χ0n) is 17.8. The summed E-state index contributed by atoms with van der Waals surface area (Å²) < 4.78 is 11.2. The molecule has 0 aliphatic rings. The second kappa shape index (κ2) is 9.93. The smallest absolute Gasteiger partial charge is 0.163 e. The molecule has 0 radical (unpaired) electrons. The largest absolute Gasteiger partial charge is 0.462 e. The Morgan fingerprint density at radius 1 is 0.900 bits per heavy atom. The molecule has 3 aromatic rings. The highest BCUT2D eigenvalue weighted by atomic mass is 16.3. The minimum absolute atomic E-state index is 0.00466. The summed E-state index contributed by atoms with van der Waals surface area (Å²) in [5.74, 6) is 2.73. The number of benzene rings is 1. The minimum atomic E-state index is -0.378. The average Bonchev–Trinajstić information content (AvgIpc) is 3.36. The van der Waals surface area contributed by atoms with E-state index in [1.54, 1.807) is 12.2 Å². The molecular weight excluding hydrogens is 372 g/mol. The molecule has 154 valence electrons. The number of allylic oxidation sites excluding steroid dienone is 3. The molecule has 0 amide bonds. The number of ketones is 1. The highest BCUT2D eigenvalue weighted by Crippen LogP contribution is 2.34. The van der Waals surface area contributed by atoms with E-state index in [1.165, 1.54) is 0 Å². The lowest BCUT2D eigenvalue weighted by molar-refractivity contribution is -0.117. The molecular formula is C27H28O3. The van der Waals surface area contributed by atoms with Gasteiger partial charge in [0.25, 0.3) is 0 Å². The zero-order valence-corrected chi connectivity index (χ0v) is 17.8. The zero-order chi connectivity index (χ0) is 21.5. The van der Waals surface area contributed by atoms with Crippen LogP contribution < -0.4 is 0 Å². The van der Waals surface area contributed by atoms with Crippen LogP contribution in [0.1, 0.15) is 47.9 Å². The van der Waals surface area contributed by atoms with Gasteiger partial charge >= 0.3 is 0 Å². The molecule has 0 spiro atoms. The SMILES string of the molecule is C=C(/C=C/c1ccc(C)o1)C(C(=O)/C=C/c1ccc(C)o1)C(CC)c1ccccc1. The second-order valence-electron chi connectivity index (χ2n) is 7.44. The van der Waals surface area contributed by atoms with Crippen LogP contribution in [-0.4, -0.2) is 5.78 Å². The van der Waals surface area contributed by atoms with E-state index in [0.717, 1.165) is 34.8 Å². The maximum absolute atomic E-state index is 13.3. The van der Waals surface area contributed by atoms with Crippen LogP contribution in [0.4, 0.5) is 0 Å². The Bertz CT molecular complexity index is 984. The van der Waals surface area contributed by atoms with Gasteiger partial charge in [-0.15, -0.1) is 0 Å². The first-order chi connectivity index (χ1) is 14.5. The normalized spacial score (nSPS) is 13.7. The third kappa shape index (κ3) is 5.38. The van der Waals surface area contributed by atoms with Gasteiger partial charge in [-0.3, -0.25) is 4.79 Å². The first-order valence-corrected chi connectivity index (χ1v) is 10.2.